The number of nitrogens with one attached hydrogen (secondary N) is 1. The van der Waals surface area contributed by atoms with Gasteiger partial charge in [0.1, 0.15) is 11.4 Å². The fraction of sp³-hybridized carbons (Fsp3) is 0.520. The van der Waals surface area contributed by atoms with Crippen LogP contribution in [0.1, 0.15) is 74.3 Å². The highest BCUT2D eigenvalue weighted by Crippen LogP contribution is 2.39. The van der Waals surface area contributed by atoms with Gasteiger partial charge in [-0.1, -0.05) is 64.0 Å². The van der Waals surface area contributed by atoms with Gasteiger partial charge in [-0.15, -0.1) is 0 Å². The maximum Gasteiger partial charge on any atom is 0.422 e. The van der Waals surface area contributed by atoms with Crippen LogP contribution < -0.4 is 9.46 Å². The van der Waals surface area contributed by atoms with Crippen LogP contribution in [-0.2, 0) is 16.2 Å². The molecule has 1 aromatic heterocycles. The minimum atomic E-state index is -5.23. The maximum absolute atomic E-state index is 13.4. The first kappa shape index (κ1) is 32.2. The number of carboxylic acid groups (broad SMARTS) is 1. The molecule has 2 rings (SSSR count). The SMILES string of the molecule is CCCCCCCCCCS(=O)(=O)Nc1ccc(-c2nc(C(=O)O)c(C(F)(F)F)cc2OCC(F)(F)F)cc1. The van der Waals surface area contributed by atoms with Crippen LogP contribution >= 0.6 is 0 Å². The summed E-state index contributed by atoms with van der Waals surface area (Å²) >= 11 is 0. The van der Waals surface area contributed by atoms with E-state index in [4.69, 9.17) is 0 Å². The molecule has 0 aliphatic heterocycles. The zero-order chi connectivity index (χ0) is 29.3. The topological polar surface area (TPSA) is 106 Å². The number of unbranched alkanes of at least 4 members (excludes halogenated alkanes) is 7. The summed E-state index contributed by atoms with van der Waals surface area (Å²) in [4.78, 5) is 14.9. The van der Waals surface area contributed by atoms with Gasteiger partial charge in [-0.25, -0.2) is 18.2 Å². The molecule has 0 saturated heterocycles. The van der Waals surface area contributed by atoms with Crippen molar-refractivity contribution in [2.45, 2.75) is 70.6 Å². The van der Waals surface area contributed by atoms with Gasteiger partial charge in [0.25, 0.3) is 0 Å². The van der Waals surface area contributed by atoms with E-state index in [9.17, 15) is 44.7 Å². The zero-order valence-corrected chi connectivity index (χ0v) is 22.0. The van der Waals surface area contributed by atoms with Crippen molar-refractivity contribution < 1.29 is 49.4 Å². The molecule has 0 bridgehead atoms. The third-order valence-corrected chi connectivity index (χ3v) is 6.96. The Hall–Kier alpha value is -3.03. The van der Waals surface area contributed by atoms with Gasteiger partial charge in [-0.05, 0) is 24.6 Å². The molecule has 0 aliphatic carbocycles. The van der Waals surface area contributed by atoms with Gasteiger partial charge in [0.15, 0.2) is 12.3 Å². The van der Waals surface area contributed by atoms with E-state index >= 15 is 0 Å². The number of pyridine rings is 1. The number of carbonyl (C=O) groups is 1. The molecule has 218 valence electrons. The highest BCUT2D eigenvalue weighted by molar-refractivity contribution is 7.92. The predicted molar refractivity (Wildman–Crippen MR) is 133 cm³/mol. The molecule has 39 heavy (non-hydrogen) atoms. The molecule has 0 amide bonds. The van der Waals surface area contributed by atoms with E-state index in [2.05, 4.69) is 21.4 Å². The number of carboxylic acids is 1. The smallest absolute Gasteiger partial charge is 0.422 e. The zero-order valence-electron chi connectivity index (χ0n) is 21.2. The second-order valence-electron chi connectivity index (χ2n) is 8.91. The van der Waals surface area contributed by atoms with E-state index in [1.54, 1.807) is 0 Å². The van der Waals surface area contributed by atoms with Gasteiger partial charge in [0.2, 0.25) is 10.0 Å². The fourth-order valence-corrected chi connectivity index (χ4v) is 4.88. The molecule has 1 aromatic carbocycles. The standard InChI is InChI=1S/C25H30F6N2O5S/c1-2-3-4-5-6-7-8-9-14-39(36,37)33-18-12-10-17(11-13-18)21-20(38-16-24(26,27)28)15-19(25(29,30)31)22(32-21)23(34)35/h10-13,15,33H,2-9,14,16H2,1H3,(H,34,35). The van der Waals surface area contributed by atoms with Gasteiger partial charge >= 0.3 is 18.3 Å². The summed E-state index contributed by atoms with van der Waals surface area (Å²) in [6.45, 7) is 0.179. The maximum atomic E-state index is 13.4. The molecule has 1 heterocycles. The Morgan fingerprint density at radius 2 is 1.51 bits per heavy atom. The van der Waals surface area contributed by atoms with Gasteiger partial charge in [-0.2, -0.15) is 26.3 Å². The lowest BCUT2D eigenvalue weighted by Gasteiger charge is -2.17. The minimum absolute atomic E-state index is 0.0885. The van der Waals surface area contributed by atoms with Crippen LogP contribution in [0.4, 0.5) is 32.0 Å². The van der Waals surface area contributed by atoms with E-state index in [-0.39, 0.29) is 23.1 Å². The molecule has 0 radical (unpaired) electrons. The van der Waals surface area contributed by atoms with Crippen molar-refractivity contribution in [2.75, 3.05) is 17.1 Å². The van der Waals surface area contributed by atoms with Crippen molar-refractivity contribution in [3.63, 3.8) is 0 Å². The van der Waals surface area contributed by atoms with Crippen LogP contribution in [0.5, 0.6) is 5.75 Å². The van der Waals surface area contributed by atoms with Crippen LogP contribution in [-0.4, -0.2) is 43.0 Å². The summed E-state index contributed by atoms with van der Waals surface area (Å²) in [5.41, 5.74) is -3.78. The molecule has 0 atom stereocenters. The van der Waals surface area contributed by atoms with E-state index in [0.717, 1.165) is 38.5 Å². The van der Waals surface area contributed by atoms with Crippen molar-refractivity contribution in [3.05, 3.63) is 41.6 Å². The number of alkyl halides is 6. The lowest BCUT2D eigenvalue weighted by atomic mass is 10.1. The first-order valence-corrected chi connectivity index (χ1v) is 13.9. The van der Waals surface area contributed by atoms with Gasteiger partial charge in [-0.3, -0.25) is 4.72 Å². The van der Waals surface area contributed by atoms with Crippen molar-refractivity contribution in [1.29, 1.82) is 0 Å². The van der Waals surface area contributed by atoms with Gasteiger partial charge in [0.05, 0.1) is 11.3 Å². The summed E-state index contributed by atoms with van der Waals surface area (Å²) in [6, 6.07) is 4.96. The Bertz CT molecular complexity index is 1200. The third kappa shape index (κ3) is 10.9. The molecular weight excluding hydrogens is 554 g/mol. The number of hydrogen-bond donors (Lipinski definition) is 2. The second kappa shape index (κ2) is 13.9. The minimum Gasteiger partial charge on any atom is -0.482 e. The summed E-state index contributed by atoms with van der Waals surface area (Å²) in [5.74, 6) is -3.11. The monoisotopic (exact) mass is 584 g/mol. The normalized spacial score (nSPS) is 12.4. The Labute approximate surface area is 222 Å². The van der Waals surface area contributed by atoms with Gasteiger partial charge < -0.3 is 9.84 Å². The van der Waals surface area contributed by atoms with Crippen molar-refractivity contribution in [3.8, 4) is 17.0 Å². The number of anilines is 1. The lowest BCUT2D eigenvalue weighted by molar-refractivity contribution is -0.153. The van der Waals surface area contributed by atoms with E-state index < -0.39 is 57.7 Å². The quantitative estimate of drug-likeness (QED) is 0.168. The number of ether oxygens (including phenoxy) is 1. The van der Waals surface area contributed by atoms with E-state index in [1.807, 2.05) is 0 Å². The number of rotatable bonds is 15. The third-order valence-electron chi connectivity index (χ3n) is 5.59. The Morgan fingerprint density at radius 3 is 2.03 bits per heavy atom. The van der Waals surface area contributed by atoms with E-state index in [0.29, 0.717) is 6.42 Å². The molecule has 0 unspecified atom stereocenters. The summed E-state index contributed by atoms with van der Waals surface area (Å²) in [7, 11) is -3.70. The number of aromatic nitrogens is 1. The largest absolute Gasteiger partial charge is 0.482 e. The highest BCUT2D eigenvalue weighted by Gasteiger charge is 2.38. The van der Waals surface area contributed by atoms with Crippen LogP contribution in [0.15, 0.2) is 30.3 Å². The van der Waals surface area contributed by atoms with Crippen molar-refractivity contribution in [1.82, 2.24) is 4.98 Å². The highest BCUT2D eigenvalue weighted by atomic mass is 32.2. The van der Waals surface area contributed by atoms with Gasteiger partial charge in [0, 0.05) is 11.3 Å². The summed E-state index contributed by atoms with van der Waals surface area (Å²) < 4.78 is 110. The molecular formula is C25H30F6N2O5S. The van der Waals surface area contributed by atoms with Crippen LogP contribution in [0.2, 0.25) is 0 Å². The second-order valence-corrected chi connectivity index (χ2v) is 10.8. The van der Waals surface area contributed by atoms with Crippen LogP contribution in [0, 0.1) is 0 Å². The Morgan fingerprint density at radius 1 is 0.949 bits per heavy atom. The van der Waals surface area contributed by atoms with Crippen molar-refractivity contribution in [2.24, 2.45) is 0 Å². The molecule has 7 nitrogen and oxygen atoms in total. The predicted octanol–water partition coefficient (Wildman–Crippen LogP) is 7.29. The average Bonchev–Trinajstić information content (AvgIpc) is 2.83. The summed E-state index contributed by atoms with van der Waals surface area (Å²) in [6.07, 6.45) is -2.39. The molecule has 0 fully saturated rings. The van der Waals surface area contributed by atoms with Crippen LogP contribution in [0.3, 0.4) is 0 Å². The molecule has 0 spiro atoms. The number of aromatic carboxylic acids is 1. The molecule has 0 aliphatic rings. The number of nitrogens with zero attached hydrogens (tertiary/aromatic N) is 1. The average molecular weight is 585 g/mol. The number of sulfonamides is 1. The van der Waals surface area contributed by atoms with Crippen LogP contribution in [0.25, 0.3) is 11.3 Å². The Kier molecular flexibility index (Phi) is 11.4. The Balaban J connectivity index is 2.19. The van der Waals surface area contributed by atoms with Crippen molar-refractivity contribution >= 4 is 21.7 Å². The molecule has 0 saturated carbocycles. The molecule has 2 aromatic rings. The summed E-state index contributed by atoms with van der Waals surface area (Å²) in [5, 5.41) is 9.21. The first-order chi connectivity index (χ1) is 18.1. The fourth-order valence-electron chi connectivity index (χ4n) is 3.70. The molecule has 14 heteroatoms. The number of hydrogen-bond acceptors (Lipinski definition) is 5. The number of benzene rings is 1. The molecule has 2 N–H and O–H groups in total. The number of halogens is 6. The first-order valence-electron chi connectivity index (χ1n) is 12.3. The lowest BCUT2D eigenvalue weighted by Crippen LogP contribution is -2.21. The van der Waals surface area contributed by atoms with E-state index in [1.165, 1.54) is 30.7 Å².